The number of benzene rings is 1. The Balaban J connectivity index is 0.000000604. The van der Waals surface area contributed by atoms with Crippen molar-refractivity contribution in [3.05, 3.63) is 63.4 Å². The molecule has 0 spiro atoms. The van der Waals surface area contributed by atoms with Crippen LogP contribution in [0, 0.1) is 0 Å². The predicted octanol–water partition coefficient (Wildman–Crippen LogP) is 3.11. The molecule has 28 heavy (non-hydrogen) atoms. The lowest BCUT2D eigenvalue weighted by Gasteiger charge is -2.29. The molecule has 0 radical (unpaired) electrons. The van der Waals surface area contributed by atoms with Crippen LogP contribution in [-0.4, -0.2) is 20.6 Å². The minimum Gasteiger partial charge on any atom is -0.458 e. The van der Waals surface area contributed by atoms with Gasteiger partial charge in [-0.3, -0.25) is 4.79 Å². The predicted molar refractivity (Wildman–Crippen MR) is 106 cm³/mol. The van der Waals surface area contributed by atoms with Crippen LogP contribution in [0.4, 0.5) is 0 Å². The zero-order valence-electron chi connectivity index (χ0n) is 16.2. The first-order valence-electron chi connectivity index (χ1n) is 9.44. The summed E-state index contributed by atoms with van der Waals surface area (Å²) in [4.78, 5) is 29.5. The van der Waals surface area contributed by atoms with Gasteiger partial charge in [-0.05, 0) is 25.1 Å². The topological polar surface area (TPSA) is 81.4 Å². The van der Waals surface area contributed by atoms with Crippen LogP contribution in [-0.2, 0) is 28.3 Å². The summed E-state index contributed by atoms with van der Waals surface area (Å²) in [6.07, 6.45) is 1.25. The third kappa shape index (κ3) is 2.64. The second-order valence-corrected chi connectivity index (χ2v) is 7.36. The van der Waals surface area contributed by atoms with Gasteiger partial charge >= 0.3 is 5.97 Å². The first-order valence-corrected chi connectivity index (χ1v) is 9.44. The van der Waals surface area contributed by atoms with Gasteiger partial charge in [0, 0.05) is 16.5 Å². The maximum atomic E-state index is 12.9. The molecule has 3 aromatic rings. The highest BCUT2D eigenvalue weighted by Gasteiger charge is 2.42. The van der Waals surface area contributed by atoms with Gasteiger partial charge in [0.05, 0.1) is 29.0 Å². The van der Waals surface area contributed by atoms with Gasteiger partial charge in [-0.15, -0.1) is 0 Å². The zero-order valence-corrected chi connectivity index (χ0v) is 16.2. The van der Waals surface area contributed by atoms with E-state index in [1.54, 1.807) is 10.6 Å². The molecule has 6 heteroatoms. The molecular formula is C22H22N2O4. The monoisotopic (exact) mass is 378 g/mol. The molecule has 0 saturated carbocycles. The Morgan fingerprint density at radius 1 is 1.21 bits per heavy atom. The third-order valence-electron chi connectivity index (χ3n) is 5.04. The summed E-state index contributed by atoms with van der Waals surface area (Å²) in [5, 5.41) is 11.5. The highest BCUT2D eigenvalue weighted by atomic mass is 16.6. The van der Waals surface area contributed by atoms with Crippen LogP contribution in [0.25, 0.3) is 22.3 Å². The summed E-state index contributed by atoms with van der Waals surface area (Å²) in [6.45, 7) is 5.91. The number of rotatable bonds is 0. The molecule has 1 atom stereocenters. The molecule has 2 aliphatic rings. The van der Waals surface area contributed by atoms with Gasteiger partial charge in [0.2, 0.25) is 0 Å². The fourth-order valence-electron chi connectivity index (χ4n) is 3.68. The average molecular weight is 378 g/mol. The van der Waals surface area contributed by atoms with Crippen molar-refractivity contribution in [2.75, 3.05) is 0 Å². The first kappa shape index (κ1) is 18.4. The molecule has 6 nitrogen and oxygen atoms in total. The Kier molecular flexibility index (Phi) is 4.31. The maximum absolute atomic E-state index is 12.9. The third-order valence-corrected chi connectivity index (χ3v) is 5.04. The summed E-state index contributed by atoms with van der Waals surface area (Å²) in [7, 11) is 0. The number of cyclic esters (lactones) is 1. The largest absolute Gasteiger partial charge is 0.458 e. The van der Waals surface area contributed by atoms with E-state index in [1.165, 1.54) is 13.3 Å². The molecule has 2 aliphatic heterocycles. The van der Waals surface area contributed by atoms with Gasteiger partial charge in [0.1, 0.15) is 6.61 Å². The van der Waals surface area contributed by atoms with Crippen LogP contribution in [0.5, 0.6) is 0 Å². The Hall–Kier alpha value is -2.99. The van der Waals surface area contributed by atoms with Crippen molar-refractivity contribution in [3.63, 3.8) is 0 Å². The van der Waals surface area contributed by atoms with E-state index in [4.69, 9.17) is 9.72 Å². The van der Waals surface area contributed by atoms with Gasteiger partial charge < -0.3 is 14.4 Å². The number of carbonyl (C=O) groups is 1. The highest BCUT2D eigenvalue weighted by molar-refractivity contribution is 5.86. The zero-order chi connectivity index (χ0) is 20.1. The van der Waals surface area contributed by atoms with Crippen molar-refractivity contribution in [3.8, 4) is 11.4 Å². The van der Waals surface area contributed by atoms with E-state index < -0.39 is 11.6 Å². The second kappa shape index (κ2) is 6.56. The van der Waals surface area contributed by atoms with Crippen LogP contribution >= 0.6 is 0 Å². The number of ether oxygens (including phenoxy) is 1. The number of aliphatic hydroxyl groups is 1. The van der Waals surface area contributed by atoms with E-state index in [9.17, 15) is 14.7 Å². The maximum Gasteiger partial charge on any atom is 0.342 e. The van der Waals surface area contributed by atoms with Crippen LogP contribution in [0.15, 0.2) is 41.2 Å². The number of hydrogen-bond acceptors (Lipinski definition) is 5. The Morgan fingerprint density at radius 2 is 1.93 bits per heavy atom. The molecule has 1 N–H and O–H groups in total. The number of para-hydroxylation sites is 1. The summed E-state index contributed by atoms with van der Waals surface area (Å²) >= 11 is 0. The number of aromatic nitrogens is 2. The molecule has 0 fully saturated rings. The Bertz CT molecular complexity index is 1160. The second-order valence-electron chi connectivity index (χ2n) is 7.36. The molecule has 5 rings (SSSR count). The SMILES string of the molecule is CC1(O)C(=O)OCc2c1cc1n(c2=O)Cc2cc3ccccc3nc2-1.CCC. The van der Waals surface area contributed by atoms with Crippen molar-refractivity contribution in [2.24, 2.45) is 0 Å². The number of carbonyl (C=O) groups excluding carboxylic acids is 1. The van der Waals surface area contributed by atoms with Crippen LogP contribution < -0.4 is 5.56 Å². The van der Waals surface area contributed by atoms with E-state index in [1.807, 2.05) is 30.3 Å². The number of fused-ring (bicyclic) bond motifs is 5. The van der Waals surface area contributed by atoms with E-state index in [0.29, 0.717) is 29.1 Å². The molecule has 0 amide bonds. The van der Waals surface area contributed by atoms with Gasteiger partial charge in [-0.2, -0.15) is 0 Å². The van der Waals surface area contributed by atoms with E-state index in [2.05, 4.69) is 13.8 Å². The van der Waals surface area contributed by atoms with Crippen LogP contribution in [0.3, 0.4) is 0 Å². The Labute approximate surface area is 162 Å². The molecule has 0 aliphatic carbocycles. The molecule has 0 bridgehead atoms. The summed E-state index contributed by atoms with van der Waals surface area (Å²) in [5.74, 6) is -0.742. The normalized spacial score (nSPS) is 19.2. The van der Waals surface area contributed by atoms with Crippen LogP contribution in [0.2, 0.25) is 0 Å². The fraction of sp³-hybridized carbons (Fsp3) is 0.318. The minimum absolute atomic E-state index is 0.116. The number of esters is 1. The number of hydrogen-bond donors (Lipinski definition) is 1. The minimum atomic E-state index is -1.83. The lowest BCUT2D eigenvalue weighted by Crippen LogP contribution is -2.42. The van der Waals surface area contributed by atoms with Crippen molar-refractivity contribution < 1.29 is 14.6 Å². The lowest BCUT2D eigenvalue weighted by molar-refractivity contribution is -0.169. The van der Waals surface area contributed by atoms with E-state index >= 15 is 0 Å². The molecule has 144 valence electrons. The molecule has 2 aromatic heterocycles. The van der Waals surface area contributed by atoms with E-state index in [-0.39, 0.29) is 12.2 Å². The fourth-order valence-corrected chi connectivity index (χ4v) is 3.68. The number of pyridine rings is 2. The molecular weight excluding hydrogens is 356 g/mol. The number of nitrogens with zero attached hydrogens (tertiary/aromatic N) is 2. The summed E-state index contributed by atoms with van der Waals surface area (Å²) in [6, 6.07) is 11.5. The lowest BCUT2D eigenvalue weighted by atomic mass is 9.90. The quantitative estimate of drug-likeness (QED) is 0.476. The molecule has 0 saturated heterocycles. The Morgan fingerprint density at radius 3 is 2.68 bits per heavy atom. The molecule has 4 heterocycles. The van der Waals surface area contributed by atoms with Crippen molar-refractivity contribution in [1.82, 2.24) is 9.55 Å². The van der Waals surface area contributed by atoms with E-state index in [0.717, 1.165) is 16.5 Å². The standard InChI is InChI=1S/C19H14N2O4.C3H8/c1-19(24)13-7-15-16-11(6-10-4-2-3-5-14(10)20-16)8-21(15)17(22)12(13)9-25-18(19)23;1-3-2/h2-7,24H,8-9H2,1H3;3H2,1-2H3. The van der Waals surface area contributed by atoms with Crippen molar-refractivity contribution in [2.45, 2.75) is 45.9 Å². The smallest absolute Gasteiger partial charge is 0.342 e. The van der Waals surface area contributed by atoms with Crippen LogP contribution in [0.1, 0.15) is 43.9 Å². The summed E-state index contributed by atoms with van der Waals surface area (Å²) in [5.41, 5.74) is 1.68. The van der Waals surface area contributed by atoms with Crippen molar-refractivity contribution >= 4 is 16.9 Å². The van der Waals surface area contributed by atoms with Crippen molar-refractivity contribution in [1.29, 1.82) is 0 Å². The van der Waals surface area contributed by atoms with Gasteiger partial charge in [-0.1, -0.05) is 38.5 Å². The van der Waals surface area contributed by atoms with Gasteiger partial charge in [0.25, 0.3) is 5.56 Å². The van der Waals surface area contributed by atoms with Gasteiger partial charge in [-0.25, -0.2) is 9.78 Å². The molecule has 1 aromatic carbocycles. The molecule has 1 unspecified atom stereocenters. The first-order chi connectivity index (χ1) is 13.4. The van der Waals surface area contributed by atoms with Gasteiger partial charge in [0.15, 0.2) is 5.60 Å². The summed E-state index contributed by atoms with van der Waals surface area (Å²) < 4.78 is 6.61. The highest BCUT2D eigenvalue weighted by Crippen LogP contribution is 2.36. The average Bonchev–Trinajstić information content (AvgIpc) is 3.02.